The van der Waals surface area contributed by atoms with Crippen LogP contribution in [0.1, 0.15) is 12.8 Å². The third kappa shape index (κ3) is 14.6. The van der Waals surface area contributed by atoms with Crippen LogP contribution in [-0.2, 0) is 20.2 Å². The van der Waals surface area contributed by atoms with Crippen molar-refractivity contribution < 1.29 is 73.1 Å². The van der Waals surface area contributed by atoms with Crippen molar-refractivity contribution in [3.05, 3.63) is 48.5 Å². The Morgan fingerprint density at radius 3 is 1.26 bits per heavy atom. The van der Waals surface area contributed by atoms with Gasteiger partial charge in [0, 0.05) is 0 Å². The summed E-state index contributed by atoms with van der Waals surface area (Å²) in [4.78, 5) is 0. The summed E-state index contributed by atoms with van der Waals surface area (Å²) in [5.74, 6) is 0.367. The van der Waals surface area contributed by atoms with Crippen LogP contribution in [-0.4, -0.2) is 71.6 Å². The molecule has 0 unspecified atom stereocenters. The minimum Gasteiger partial charge on any atom is 1.00 e. The Balaban J connectivity index is 0.00000450. The summed E-state index contributed by atoms with van der Waals surface area (Å²) in [5, 5.41) is 0. The van der Waals surface area contributed by atoms with Gasteiger partial charge in [0.15, 0.2) is 0 Å². The maximum atomic E-state index is 10.5. The molecule has 2 aromatic carbocycles. The molecule has 0 atom stereocenters. The van der Waals surface area contributed by atoms with E-state index in [-0.39, 0.29) is 63.8 Å². The molecule has 0 N–H and O–H groups in total. The van der Waals surface area contributed by atoms with Crippen LogP contribution in [0.25, 0.3) is 0 Å². The van der Waals surface area contributed by atoms with E-state index in [9.17, 15) is 25.9 Å². The zero-order chi connectivity index (χ0) is 21.3. The molecule has 0 aliphatic carbocycles. The molecule has 8 nitrogen and oxygen atoms in total. The molecule has 13 heteroatoms. The summed E-state index contributed by atoms with van der Waals surface area (Å²) < 4.78 is 76.4. The van der Waals surface area contributed by atoms with Gasteiger partial charge in [-0.05, 0) is 0 Å². The third-order valence-corrected chi connectivity index (χ3v) is 7.97. The van der Waals surface area contributed by atoms with Gasteiger partial charge in [-0.2, -0.15) is 0 Å². The van der Waals surface area contributed by atoms with Crippen molar-refractivity contribution in [1.82, 2.24) is 0 Å². The van der Waals surface area contributed by atoms with Crippen LogP contribution in [0.3, 0.4) is 0 Å². The Hall–Kier alpha value is -0.156. The molecule has 0 aliphatic rings. The van der Waals surface area contributed by atoms with Gasteiger partial charge in [-0.15, -0.1) is 0 Å². The van der Waals surface area contributed by atoms with Crippen LogP contribution in [0.5, 0.6) is 11.5 Å². The number of rotatable bonds is 12. The number of ether oxygens (including phenoxy) is 2. The van der Waals surface area contributed by atoms with Crippen molar-refractivity contribution in [2.24, 2.45) is 0 Å². The molecule has 160 valence electrons. The minimum absolute atomic E-state index is 0. The SMILES string of the molecule is O=S(=O)([O-])CCCOc1ccc([Te]c2ccc(OCCCS(=O)(=O)[O-])cc2)cc1.[Li+].[Li+]. The van der Waals surface area contributed by atoms with Crippen molar-refractivity contribution in [2.45, 2.75) is 12.8 Å². The fraction of sp³-hybridized carbons (Fsp3) is 0.333. The topological polar surface area (TPSA) is 133 Å². The first kappa shape index (κ1) is 30.8. The molecule has 0 saturated carbocycles. The maximum absolute atomic E-state index is 10.5. The fourth-order valence-corrected chi connectivity index (χ4v) is 5.47. The quantitative estimate of drug-likeness (QED) is 0.140. The zero-order valence-corrected chi connectivity index (χ0v) is 21.3. The molecule has 0 amide bonds. The Bertz CT molecular complexity index is 901. The fourth-order valence-electron chi connectivity index (χ4n) is 2.20. The zero-order valence-electron chi connectivity index (χ0n) is 17.4. The van der Waals surface area contributed by atoms with Crippen molar-refractivity contribution in [3.63, 3.8) is 0 Å². The molecule has 0 aromatic heterocycles. The first-order valence-corrected chi connectivity index (χ1v) is 14.1. The van der Waals surface area contributed by atoms with E-state index in [0.29, 0.717) is 11.5 Å². The molecule has 0 aliphatic heterocycles. The Morgan fingerprint density at radius 2 is 0.968 bits per heavy atom. The van der Waals surface area contributed by atoms with Crippen molar-refractivity contribution in [3.8, 4) is 11.5 Å². The van der Waals surface area contributed by atoms with E-state index in [4.69, 9.17) is 9.47 Å². The molecule has 2 rings (SSSR count). The first-order chi connectivity index (χ1) is 13.6. The van der Waals surface area contributed by atoms with Crippen LogP contribution in [0.4, 0.5) is 0 Å². The van der Waals surface area contributed by atoms with Crippen LogP contribution in [0, 0.1) is 0 Å². The average molecular weight is 570 g/mol. The van der Waals surface area contributed by atoms with Crippen LogP contribution in [0.15, 0.2) is 48.5 Å². The molecular formula is C18H20Li2O8S2Te. The van der Waals surface area contributed by atoms with Crippen LogP contribution >= 0.6 is 0 Å². The predicted octanol–water partition coefficient (Wildman–Crippen LogP) is -6.02. The Labute approximate surface area is 217 Å². The van der Waals surface area contributed by atoms with E-state index in [0.717, 1.165) is 0 Å². The molecule has 2 aromatic rings. The third-order valence-electron chi connectivity index (χ3n) is 3.50. The van der Waals surface area contributed by atoms with Gasteiger partial charge < -0.3 is 0 Å². The summed E-state index contributed by atoms with van der Waals surface area (Å²) >= 11 is -0.614. The van der Waals surface area contributed by atoms with Gasteiger partial charge in [-0.3, -0.25) is 0 Å². The van der Waals surface area contributed by atoms with Gasteiger partial charge in [0.2, 0.25) is 0 Å². The van der Waals surface area contributed by atoms with Gasteiger partial charge in [-0.25, -0.2) is 0 Å². The predicted molar refractivity (Wildman–Crippen MR) is 107 cm³/mol. The van der Waals surface area contributed by atoms with Gasteiger partial charge in [0.25, 0.3) is 0 Å². The van der Waals surface area contributed by atoms with E-state index >= 15 is 0 Å². The molecule has 31 heavy (non-hydrogen) atoms. The van der Waals surface area contributed by atoms with Crippen molar-refractivity contribution >= 4 is 48.4 Å². The average Bonchev–Trinajstić information content (AvgIpc) is 2.63. The molecule has 0 radical (unpaired) electrons. The van der Waals surface area contributed by atoms with E-state index in [2.05, 4.69) is 0 Å². The summed E-state index contributed by atoms with van der Waals surface area (Å²) in [6.45, 7) is 0.333. The largest absolute Gasteiger partial charge is 1.00 e. The Kier molecular flexibility index (Phi) is 14.8. The molecule has 0 spiro atoms. The van der Waals surface area contributed by atoms with E-state index in [1.165, 1.54) is 7.22 Å². The number of hydrogen-bond acceptors (Lipinski definition) is 8. The summed E-state index contributed by atoms with van der Waals surface area (Å²) in [6, 6.07) is 15.1. The molecule has 0 bridgehead atoms. The summed E-state index contributed by atoms with van der Waals surface area (Å²) in [6.07, 6.45) is 0.311. The summed E-state index contributed by atoms with van der Waals surface area (Å²) in [7, 11) is -8.41. The molecule has 0 heterocycles. The second-order valence-electron chi connectivity index (χ2n) is 5.97. The van der Waals surface area contributed by atoms with Gasteiger partial charge in [0.1, 0.15) is 0 Å². The normalized spacial score (nSPS) is 11.2. The van der Waals surface area contributed by atoms with Crippen molar-refractivity contribution in [2.75, 3.05) is 24.7 Å². The maximum Gasteiger partial charge on any atom is 1.00 e. The summed E-state index contributed by atoms with van der Waals surface area (Å²) in [5.41, 5.74) is 0. The van der Waals surface area contributed by atoms with Crippen molar-refractivity contribution in [1.29, 1.82) is 0 Å². The van der Waals surface area contributed by atoms with E-state index in [1.807, 2.05) is 48.5 Å². The first-order valence-electron chi connectivity index (χ1n) is 8.61. The molecular weight excluding hydrogens is 550 g/mol. The smallest absolute Gasteiger partial charge is 1.00 e. The minimum atomic E-state index is -4.21. The second kappa shape index (κ2) is 14.9. The monoisotopic (exact) mass is 572 g/mol. The van der Waals surface area contributed by atoms with E-state index in [1.54, 1.807) is 0 Å². The standard InChI is InChI=1S/C18H22O8S2Te.2Li/c19-27(20,21)13-1-11-25-15-3-7-17(8-4-15)29-18-9-5-16(6-10-18)26-12-2-14-28(22,23)24;;/h3-10H,1-2,11-14H2,(H,19,20,21)(H,22,23,24);;/q;2*+1/p-2. The van der Waals surface area contributed by atoms with Gasteiger partial charge in [0.05, 0.1) is 0 Å². The molecule has 0 fully saturated rings. The van der Waals surface area contributed by atoms with Crippen LogP contribution < -0.4 is 54.4 Å². The molecule has 0 saturated heterocycles. The van der Waals surface area contributed by atoms with Gasteiger partial charge in [-0.1, -0.05) is 0 Å². The van der Waals surface area contributed by atoms with Gasteiger partial charge >= 0.3 is 219 Å². The second-order valence-corrected chi connectivity index (χ2v) is 12.3. The number of hydrogen-bond donors (Lipinski definition) is 0. The number of benzene rings is 2. The van der Waals surface area contributed by atoms with E-state index < -0.39 is 52.7 Å². The Morgan fingerprint density at radius 1 is 0.645 bits per heavy atom. The van der Waals surface area contributed by atoms with Crippen LogP contribution in [0.2, 0.25) is 0 Å².